The van der Waals surface area contributed by atoms with Gasteiger partial charge in [0.1, 0.15) is 5.75 Å². The molecule has 19 heavy (non-hydrogen) atoms. The Kier molecular flexibility index (Phi) is 7.68. The zero-order valence-corrected chi connectivity index (χ0v) is 11.9. The number of aliphatic hydroxyl groups is 1. The molecule has 1 atom stereocenters. The van der Waals surface area contributed by atoms with Gasteiger partial charge in [-0.2, -0.15) is 0 Å². The molecule has 1 aromatic carbocycles. The van der Waals surface area contributed by atoms with Gasteiger partial charge in [0, 0.05) is 0 Å². The normalized spacial score (nSPS) is 13.2. The lowest BCUT2D eigenvalue weighted by atomic mass is 10.0. The molecule has 0 aliphatic rings. The van der Waals surface area contributed by atoms with E-state index >= 15 is 0 Å². The van der Waals surface area contributed by atoms with Crippen LogP contribution in [0.2, 0.25) is 0 Å². The van der Waals surface area contributed by atoms with Crippen LogP contribution in [0.1, 0.15) is 31.7 Å². The smallest absolute Gasteiger partial charge is 0.118 e. The van der Waals surface area contributed by atoms with E-state index in [2.05, 4.69) is 12.1 Å². The van der Waals surface area contributed by atoms with E-state index in [0.717, 1.165) is 31.4 Å². The molecule has 0 bridgehead atoms. The van der Waals surface area contributed by atoms with Crippen LogP contribution in [0, 0.1) is 0 Å². The molecule has 104 valence electrons. The topological polar surface area (TPSA) is 29.5 Å². The Morgan fingerprint density at radius 1 is 1.16 bits per heavy atom. The van der Waals surface area contributed by atoms with Crippen LogP contribution in [0.5, 0.6) is 5.75 Å². The van der Waals surface area contributed by atoms with Crippen molar-refractivity contribution in [1.29, 1.82) is 0 Å². The second kappa shape index (κ2) is 9.40. The number of aliphatic hydroxyl groups excluding tert-OH is 1. The molecule has 0 aliphatic heterocycles. The predicted octanol–water partition coefficient (Wildman–Crippen LogP) is 3.90. The Morgan fingerprint density at radius 3 is 2.53 bits per heavy atom. The average molecular weight is 260 g/mol. The lowest BCUT2D eigenvalue weighted by Crippen LogP contribution is -2.01. The zero-order chi connectivity index (χ0) is 13.9. The first-order chi connectivity index (χ1) is 9.26. The van der Waals surface area contributed by atoms with Crippen molar-refractivity contribution < 1.29 is 9.84 Å². The number of methoxy groups -OCH3 is 1. The first-order valence-corrected chi connectivity index (χ1v) is 6.86. The van der Waals surface area contributed by atoms with Crippen molar-refractivity contribution in [1.82, 2.24) is 0 Å². The summed E-state index contributed by atoms with van der Waals surface area (Å²) >= 11 is 0. The standard InChI is InChI=1S/C17H24O2/c1-3-4-5-9-16(18)10-7-6-8-15-11-13-17(19-2)14-12-15/h3-5,9,11-14,16,18H,6-8,10H2,1-2H3/b4-3+,9-5+/t16-/m0/s1. The molecule has 0 heterocycles. The third-order valence-electron chi connectivity index (χ3n) is 3.01. The molecule has 0 amide bonds. The first kappa shape index (κ1) is 15.5. The number of benzene rings is 1. The fraction of sp³-hybridized carbons (Fsp3) is 0.412. The highest BCUT2D eigenvalue weighted by Crippen LogP contribution is 2.14. The Hall–Kier alpha value is -1.54. The van der Waals surface area contributed by atoms with E-state index in [1.165, 1.54) is 5.56 Å². The quantitative estimate of drug-likeness (QED) is 0.567. The minimum absolute atomic E-state index is 0.327. The van der Waals surface area contributed by atoms with Crippen LogP contribution < -0.4 is 4.74 Å². The maximum Gasteiger partial charge on any atom is 0.118 e. The second-order valence-electron chi connectivity index (χ2n) is 4.57. The molecule has 0 spiro atoms. The van der Waals surface area contributed by atoms with Gasteiger partial charge in [-0.1, -0.05) is 42.9 Å². The van der Waals surface area contributed by atoms with Crippen LogP contribution in [0.15, 0.2) is 48.6 Å². The van der Waals surface area contributed by atoms with Crippen molar-refractivity contribution >= 4 is 0 Å². The molecular weight excluding hydrogens is 236 g/mol. The van der Waals surface area contributed by atoms with Crippen LogP contribution in [0.25, 0.3) is 0 Å². The lowest BCUT2D eigenvalue weighted by Gasteiger charge is -2.06. The van der Waals surface area contributed by atoms with Crippen LogP contribution in [-0.2, 0) is 6.42 Å². The first-order valence-electron chi connectivity index (χ1n) is 6.86. The Bertz CT molecular complexity index is 390. The van der Waals surface area contributed by atoms with E-state index in [9.17, 15) is 5.11 Å². The summed E-state index contributed by atoms with van der Waals surface area (Å²) < 4.78 is 5.13. The number of aryl methyl sites for hydroxylation is 1. The van der Waals surface area contributed by atoms with E-state index in [0.29, 0.717) is 0 Å². The number of allylic oxidation sites excluding steroid dienone is 3. The summed E-state index contributed by atoms with van der Waals surface area (Å²) in [6.07, 6.45) is 11.3. The summed E-state index contributed by atoms with van der Waals surface area (Å²) in [5, 5.41) is 9.70. The Morgan fingerprint density at radius 2 is 1.89 bits per heavy atom. The molecule has 0 unspecified atom stereocenters. The lowest BCUT2D eigenvalue weighted by molar-refractivity contribution is 0.208. The minimum Gasteiger partial charge on any atom is -0.497 e. The summed E-state index contributed by atoms with van der Waals surface area (Å²) in [5.41, 5.74) is 1.32. The zero-order valence-electron chi connectivity index (χ0n) is 11.9. The largest absolute Gasteiger partial charge is 0.497 e. The highest BCUT2D eigenvalue weighted by molar-refractivity contribution is 5.27. The second-order valence-corrected chi connectivity index (χ2v) is 4.57. The summed E-state index contributed by atoms with van der Waals surface area (Å²) in [6, 6.07) is 8.18. The molecule has 2 nitrogen and oxygen atoms in total. The van der Waals surface area contributed by atoms with Crippen molar-refractivity contribution in [3.63, 3.8) is 0 Å². The SMILES string of the molecule is C/C=C/C=C/[C@H](O)CCCCc1ccc(OC)cc1. The van der Waals surface area contributed by atoms with E-state index in [4.69, 9.17) is 4.74 Å². The van der Waals surface area contributed by atoms with Crippen molar-refractivity contribution in [2.75, 3.05) is 7.11 Å². The van der Waals surface area contributed by atoms with Gasteiger partial charge in [0.05, 0.1) is 13.2 Å². The van der Waals surface area contributed by atoms with Crippen molar-refractivity contribution in [3.05, 3.63) is 54.1 Å². The molecule has 1 rings (SSSR count). The van der Waals surface area contributed by atoms with Gasteiger partial charge >= 0.3 is 0 Å². The van der Waals surface area contributed by atoms with Gasteiger partial charge in [-0.15, -0.1) is 0 Å². The summed E-state index contributed by atoms with van der Waals surface area (Å²) in [5.74, 6) is 0.897. The van der Waals surface area contributed by atoms with Crippen molar-refractivity contribution in [2.45, 2.75) is 38.7 Å². The van der Waals surface area contributed by atoms with E-state index in [1.54, 1.807) is 7.11 Å². The molecule has 2 heteroatoms. The molecule has 1 N–H and O–H groups in total. The van der Waals surface area contributed by atoms with Gasteiger partial charge in [-0.05, 0) is 43.9 Å². The molecule has 0 aromatic heterocycles. The van der Waals surface area contributed by atoms with E-state index < -0.39 is 0 Å². The highest BCUT2D eigenvalue weighted by atomic mass is 16.5. The summed E-state index contributed by atoms with van der Waals surface area (Å²) in [7, 11) is 1.68. The minimum atomic E-state index is -0.327. The van der Waals surface area contributed by atoms with E-state index in [-0.39, 0.29) is 6.10 Å². The number of hydrogen-bond donors (Lipinski definition) is 1. The number of unbranched alkanes of at least 4 members (excludes halogenated alkanes) is 1. The molecular formula is C17H24O2. The van der Waals surface area contributed by atoms with Crippen molar-refractivity contribution in [2.24, 2.45) is 0 Å². The molecule has 0 radical (unpaired) electrons. The Labute approximate surface area is 116 Å². The monoisotopic (exact) mass is 260 g/mol. The third kappa shape index (κ3) is 6.82. The highest BCUT2D eigenvalue weighted by Gasteiger charge is 1.99. The van der Waals surface area contributed by atoms with Crippen LogP contribution in [-0.4, -0.2) is 18.3 Å². The fourth-order valence-electron chi connectivity index (χ4n) is 1.87. The average Bonchev–Trinajstić information content (AvgIpc) is 2.44. The summed E-state index contributed by atoms with van der Waals surface area (Å²) in [4.78, 5) is 0. The number of rotatable bonds is 8. The molecule has 0 saturated carbocycles. The van der Waals surface area contributed by atoms with E-state index in [1.807, 2.05) is 43.4 Å². The molecule has 0 aliphatic carbocycles. The number of hydrogen-bond acceptors (Lipinski definition) is 2. The van der Waals surface area contributed by atoms with Gasteiger partial charge in [0.2, 0.25) is 0 Å². The maximum atomic E-state index is 9.70. The van der Waals surface area contributed by atoms with Gasteiger partial charge in [0.25, 0.3) is 0 Å². The molecule has 1 aromatic rings. The van der Waals surface area contributed by atoms with Gasteiger partial charge in [-0.3, -0.25) is 0 Å². The van der Waals surface area contributed by atoms with Crippen molar-refractivity contribution in [3.8, 4) is 5.75 Å². The predicted molar refractivity (Wildman–Crippen MR) is 80.5 cm³/mol. The fourth-order valence-corrected chi connectivity index (χ4v) is 1.87. The van der Waals surface area contributed by atoms with Crippen LogP contribution in [0.3, 0.4) is 0 Å². The van der Waals surface area contributed by atoms with Gasteiger partial charge in [-0.25, -0.2) is 0 Å². The van der Waals surface area contributed by atoms with Crippen LogP contribution >= 0.6 is 0 Å². The Balaban J connectivity index is 2.19. The number of ether oxygens (including phenoxy) is 1. The van der Waals surface area contributed by atoms with Gasteiger partial charge < -0.3 is 9.84 Å². The van der Waals surface area contributed by atoms with Gasteiger partial charge in [0.15, 0.2) is 0 Å². The molecule has 0 saturated heterocycles. The summed E-state index contributed by atoms with van der Waals surface area (Å²) in [6.45, 7) is 1.96. The third-order valence-corrected chi connectivity index (χ3v) is 3.01. The molecule has 0 fully saturated rings. The van der Waals surface area contributed by atoms with Crippen LogP contribution in [0.4, 0.5) is 0 Å². The maximum absolute atomic E-state index is 9.70.